The van der Waals surface area contributed by atoms with E-state index in [1.807, 2.05) is 0 Å². The molecule has 2 saturated heterocycles. The van der Waals surface area contributed by atoms with E-state index in [-0.39, 0.29) is 41.6 Å². The van der Waals surface area contributed by atoms with Crippen LogP contribution in [-0.2, 0) is 25.5 Å². The molecule has 254 valence electrons. The molecule has 2 amide bonds. The molecule has 46 heavy (non-hydrogen) atoms. The minimum absolute atomic E-state index is 0.137. The highest BCUT2D eigenvalue weighted by molar-refractivity contribution is 5.96. The molecule has 4 aliphatic carbocycles. The molecular formula is C38H56N2O6. The summed E-state index contributed by atoms with van der Waals surface area (Å²) in [7, 11) is 0. The molecule has 0 radical (unpaired) electrons. The maximum absolute atomic E-state index is 12.9. The lowest BCUT2D eigenvalue weighted by atomic mass is 9.44. The highest BCUT2D eigenvalue weighted by Crippen LogP contribution is 2.71. The number of phenolic OH excluding ortho intramolecular Hbond substituents is 2. The predicted octanol–water partition coefficient (Wildman–Crippen LogP) is 6.08. The van der Waals surface area contributed by atoms with Crippen molar-refractivity contribution in [3.05, 3.63) is 23.8 Å². The highest BCUT2D eigenvalue weighted by Gasteiger charge is 2.69. The largest absolute Gasteiger partial charge is 0.504 e. The molecular weight excluding hydrogens is 580 g/mol. The number of amides is 2. The first-order valence-electron chi connectivity index (χ1n) is 18.3. The number of fused-ring (bicyclic) bond motifs is 7. The van der Waals surface area contributed by atoms with E-state index in [9.17, 15) is 19.8 Å². The van der Waals surface area contributed by atoms with Crippen molar-refractivity contribution in [2.75, 3.05) is 13.2 Å². The maximum Gasteiger partial charge on any atom is 0.229 e. The first kappa shape index (κ1) is 32.2. The van der Waals surface area contributed by atoms with E-state index in [4.69, 9.17) is 9.47 Å². The van der Waals surface area contributed by atoms with Gasteiger partial charge in [0.2, 0.25) is 11.8 Å². The van der Waals surface area contributed by atoms with Crippen molar-refractivity contribution < 1.29 is 29.3 Å². The molecule has 2 aliphatic heterocycles. The second-order valence-corrected chi connectivity index (χ2v) is 16.8. The predicted molar refractivity (Wildman–Crippen MR) is 175 cm³/mol. The molecule has 1 spiro atoms. The Balaban J connectivity index is 0.914. The average Bonchev–Trinajstić information content (AvgIpc) is 3.46. The van der Waals surface area contributed by atoms with Crippen LogP contribution in [0.2, 0.25) is 0 Å². The van der Waals surface area contributed by atoms with E-state index < -0.39 is 0 Å². The van der Waals surface area contributed by atoms with Crippen molar-refractivity contribution >= 4 is 11.8 Å². The standard InChI is InChI=1S/C38H56N2O6/c1-22-9-15-38(45-21-22)23(2)35-32(46-38)19-29-27-7-6-25-18-26(10-13-36(25,3)28(27)11-14-37(29,35)4)40-34(44)20-33(43)39-16-12-24-5-8-30(41)31(42)17-24/h5,8,17,22-23,25-29,32,35,41-42H,6-7,9-16,18-21H2,1-4H3,(H,39,43)(H,40,44)/t22-,23-,25+,26?,27+,28?,29-,32-,35-,36-,37-,38+/m0/s1. The summed E-state index contributed by atoms with van der Waals surface area (Å²) in [5.41, 5.74) is 1.46. The van der Waals surface area contributed by atoms with Gasteiger partial charge in [0.25, 0.3) is 0 Å². The Hall–Kier alpha value is -2.32. The lowest BCUT2D eigenvalue weighted by Crippen LogP contribution is -2.56. The molecule has 2 unspecified atom stereocenters. The molecule has 2 heterocycles. The first-order chi connectivity index (χ1) is 21.9. The monoisotopic (exact) mass is 636 g/mol. The minimum Gasteiger partial charge on any atom is -0.504 e. The fourth-order valence-electron chi connectivity index (χ4n) is 12.0. The summed E-state index contributed by atoms with van der Waals surface area (Å²) >= 11 is 0. The number of aromatic hydroxyl groups is 2. The van der Waals surface area contributed by atoms with E-state index in [2.05, 4.69) is 38.3 Å². The molecule has 4 saturated carbocycles. The van der Waals surface area contributed by atoms with Crippen LogP contribution in [0.5, 0.6) is 11.5 Å². The number of rotatable bonds is 6. The molecule has 0 bridgehead atoms. The molecule has 8 nitrogen and oxygen atoms in total. The number of hydrogen-bond donors (Lipinski definition) is 4. The number of phenols is 2. The number of nitrogens with one attached hydrogen (secondary N) is 2. The number of benzene rings is 1. The summed E-state index contributed by atoms with van der Waals surface area (Å²) < 4.78 is 13.5. The van der Waals surface area contributed by atoms with Crippen molar-refractivity contribution in [3.63, 3.8) is 0 Å². The quantitative estimate of drug-likeness (QED) is 0.222. The van der Waals surface area contributed by atoms with Gasteiger partial charge in [-0.15, -0.1) is 0 Å². The topological polar surface area (TPSA) is 117 Å². The first-order valence-corrected chi connectivity index (χ1v) is 18.3. The molecule has 1 aromatic rings. The van der Waals surface area contributed by atoms with E-state index in [1.54, 1.807) is 6.07 Å². The minimum atomic E-state index is -0.349. The third kappa shape index (κ3) is 5.43. The number of carbonyl (C=O) groups is 2. The zero-order valence-corrected chi connectivity index (χ0v) is 28.4. The van der Waals surface area contributed by atoms with Crippen LogP contribution >= 0.6 is 0 Å². The zero-order chi connectivity index (χ0) is 32.4. The van der Waals surface area contributed by atoms with Crippen LogP contribution < -0.4 is 10.6 Å². The number of hydrogen-bond acceptors (Lipinski definition) is 6. The zero-order valence-electron chi connectivity index (χ0n) is 28.4. The van der Waals surface area contributed by atoms with Gasteiger partial charge in [0.05, 0.1) is 12.7 Å². The van der Waals surface area contributed by atoms with Gasteiger partial charge in [0.15, 0.2) is 17.3 Å². The molecule has 7 rings (SSSR count). The van der Waals surface area contributed by atoms with Gasteiger partial charge in [-0.1, -0.05) is 33.8 Å². The van der Waals surface area contributed by atoms with Crippen molar-refractivity contribution in [2.45, 2.75) is 123 Å². The molecule has 4 N–H and O–H groups in total. The van der Waals surface area contributed by atoms with Crippen LogP contribution in [0.1, 0.15) is 104 Å². The fourth-order valence-corrected chi connectivity index (χ4v) is 12.0. The average molecular weight is 637 g/mol. The summed E-state index contributed by atoms with van der Waals surface area (Å²) in [4.78, 5) is 25.3. The van der Waals surface area contributed by atoms with Gasteiger partial charge in [-0.3, -0.25) is 9.59 Å². The maximum atomic E-state index is 12.9. The Labute approximate surface area is 274 Å². The Bertz CT molecular complexity index is 1330. The summed E-state index contributed by atoms with van der Waals surface area (Å²) in [6.07, 6.45) is 12.4. The van der Waals surface area contributed by atoms with Crippen LogP contribution in [0.15, 0.2) is 18.2 Å². The van der Waals surface area contributed by atoms with Gasteiger partial charge >= 0.3 is 0 Å². The van der Waals surface area contributed by atoms with Gasteiger partial charge in [0.1, 0.15) is 6.42 Å². The molecule has 1 aromatic carbocycles. The van der Waals surface area contributed by atoms with Gasteiger partial charge in [-0.2, -0.15) is 0 Å². The lowest BCUT2D eigenvalue weighted by Gasteiger charge is -2.61. The third-order valence-corrected chi connectivity index (χ3v) is 14.4. The van der Waals surface area contributed by atoms with Gasteiger partial charge in [-0.05, 0) is 128 Å². The second kappa shape index (κ2) is 12.0. The van der Waals surface area contributed by atoms with Crippen LogP contribution in [0.25, 0.3) is 0 Å². The Morgan fingerprint density at radius 3 is 2.48 bits per heavy atom. The van der Waals surface area contributed by atoms with E-state index >= 15 is 0 Å². The van der Waals surface area contributed by atoms with Crippen LogP contribution in [0, 0.1) is 52.3 Å². The van der Waals surface area contributed by atoms with Crippen LogP contribution in [0.4, 0.5) is 0 Å². The molecule has 6 aliphatic rings. The summed E-state index contributed by atoms with van der Waals surface area (Å²) in [6, 6.07) is 4.76. The molecule has 6 fully saturated rings. The third-order valence-electron chi connectivity index (χ3n) is 14.4. The molecule has 8 heteroatoms. The smallest absolute Gasteiger partial charge is 0.229 e. The normalized spacial score (nSPS) is 44.5. The summed E-state index contributed by atoms with van der Waals surface area (Å²) in [6.45, 7) is 11.1. The van der Waals surface area contributed by atoms with Crippen molar-refractivity contribution in [1.82, 2.24) is 10.6 Å². The number of carbonyl (C=O) groups excluding carboxylic acids is 2. The van der Waals surface area contributed by atoms with Crippen molar-refractivity contribution in [2.24, 2.45) is 52.3 Å². The molecule has 12 atom stereocenters. The summed E-state index contributed by atoms with van der Waals surface area (Å²) in [5.74, 6) is 3.37. The van der Waals surface area contributed by atoms with Crippen LogP contribution in [0.3, 0.4) is 0 Å². The van der Waals surface area contributed by atoms with Crippen LogP contribution in [-0.4, -0.2) is 53.1 Å². The Kier molecular flexibility index (Phi) is 8.39. The fraction of sp³-hybridized carbons (Fsp3) is 0.789. The second-order valence-electron chi connectivity index (χ2n) is 16.8. The Morgan fingerprint density at radius 2 is 1.72 bits per heavy atom. The van der Waals surface area contributed by atoms with E-state index in [1.165, 1.54) is 50.7 Å². The molecule has 0 aromatic heterocycles. The highest BCUT2D eigenvalue weighted by atomic mass is 16.7. The Morgan fingerprint density at radius 1 is 0.913 bits per heavy atom. The SMILES string of the molecule is C[C@H]1CC[C@@]2(OC1)O[C@H]1C[C@H]3[C@@H]4CC[C@@H]5CC(NC(=O)CC(=O)NCCc6ccc(O)c(O)c6)CC[C@]5(C)C4CC[C@]3(C)[C@H]1[C@@H]2C. The van der Waals surface area contributed by atoms with Crippen molar-refractivity contribution in [3.8, 4) is 11.5 Å². The van der Waals surface area contributed by atoms with Gasteiger partial charge in [-0.25, -0.2) is 0 Å². The summed E-state index contributed by atoms with van der Waals surface area (Å²) in [5, 5.41) is 25.2. The van der Waals surface area contributed by atoms with Crippen molar-refractivity contribution in [1.29, 1.82) is 0 Å². The van der Waals surface area contributed by atoms with Gasteiger partial charge < -0.3 is 30.3 Å². The van der Waals surface area contributed by atoms with E-state index in [0.717, 1.165) is 55.6 Å². The lowest BCUT2D eigenvalue weighted by molar-refractivity contribution is -0.273. The van der Waals surface area contributed by atoms with Gasteiger partial charge in [0, 0.05) is 24.9 Å². The number of ether oxygens (including phenoxy) is 2. The van der Waals surface area contributed by atoms with E-state index in [0.29, 0.717) is 53.6 Å².